The van der Waals surface area contributed by atoms with E-state index in [-0.39, 0.29) is 18.9 Å². The summed E-state index contributed by atoms with van der Waals surface area (Å²) in [6, 6.07) is 10.5. The minimum Gasteiger partial charge on any atom is -0.395 e. The van der Waals surface area contributed by atoms with Gasteiger partial charge in [0.2, 0.25) is 0 Å². The summed E-state index contributed by atoms with van der Waals surface area (Å²) in [6.07, 6.45) is 3.28. The molecule has 0 amide bonds. The van der Waals surface area contributed by atoms with Crippen molar-refractivity contribution in [1.29, 1.82) is 0 Å². The van der Waals surface area contributed by atoms with E-state index >= 15 is 0 Å². The normalized spacial score (nSPS) is 20.6. The molecule has 2 atom stereocenters. The highest BCUT2D eigenvalue weighted by molar-refractivity contribution is 5.14. The first-order valence-electron chi connectivity index (χ1n) is 7.91. The molecule has 2 rings (SSSR count). The van der Waals surface area contributed by atoms with Crippen molar-refractivity contribution in [2.24, 2.45) is 0 Å². The molecule has 21 heavy (non-hydrogen) atoms. The van der Waals surface area contributed by atoms with E-state index in [1.165, 1.54) is 12.0 Å². The molecule has 1 N–H and O–H groups in total. The van der Waals surface area contributed by atoms with E-state index in [4.69, 9.17) is 9.47 Å². The Kier molecular flexibility index (Phi) is 7.16. The zero-order valence-electron chi connectivity index (χ0n) is 12.9. The number of rotatable bonds is 8. The summed E-state index contributed by atoms with van der Waals surface area (Å²) in [4.78, 5) is 2.25. The molecule has 1 aromatic rings. The standard InChI is InChI=1S/C17H27NO3/c1-15(14-19)18(13-16-7-3-2-4-8-16)10-12-21-17-9-5-6-11-20-17/h2-4,7-8,15,17,19H,5-6,9-14H2,1H3. The molecule has 0 aliphatic carbocycles. The van der Waals surface area contributed by atoms with Crippen LogP contribution in [0.1, 0.15) is 31.7 Å². The highest BCUT2D eigenvalue weighted by Gasteiger charge is 2.17. The van der Waals surface area contributed by atoms with Gasteiger partial charge in [-0.1, -0.05) is 30.3 Å². The second-order valence-electron chi connectivity index (χ2n) is 5.65. The average Bonchev–Trinajstić information content (AvgIpc) is 2.55. The summed E-state index contributed by atoms with van der Waals surface area (Å²) in [5, 5.41) is 9.42. The molecule has 1 aliphatic heterocycles. The molecule has 0 bridgehead atoms. The zero-order chi connectivity index (χ0) is 14.9. The van der Waals surface area contributed by atoms with Gasteiger partial charge in [-0.25, -0.2) is 0 Å². The monoisotopic (exact) mass is 293 g/mol. The third-order valence-electron chi connectivity index (χ3n) is 3.94. The molecule has 0 spiro atoms. The SMILES string of the molecule is CC(CO)N(CCOC1CCCCO1)Cc1ccccc1. The summed E-state index contributed by atoms with van der Waals surface area (Å²) < 4.78 is 11.4. The molecule has 1 aromatic carbocycles. The first-order valence-corrected chi connectivity index (χ1v) is 7.91. The summed E-state index contributed by atoms with van der Waals surface area (Å²) in [5.41, 5.74) is 1.26. The molecular formula is C17H27NO3. The Morgan fingerprint density at radius 3 is 2.81 bits per heavy atom. The molecule has 2 unspecified atom stereocenters. The van der Waals surface area contributed by atoms with Crippen LogP contribution in [0.25, 0.3) is 0 Å². The Hall–Kier alpha value is -0.940. The smallest absolute Gasteiger partial charge is 0.157 e. The molecule has 1 aliphatic rings. The largest absolute Gasteiger partial charge is 0.395 e. The maximum Gasteiger partial charge on any atom is 0.157 e. The van der Waals surface area contributed by atoms with Gasteiger partial charge >= 0.3 is 0 Å². The molecule has 4 heteroatoms. The number of benzene rings is 1. The Morgan fingerprint density at radius 1 is 1.33 bits per heavy atom. The zero-order valence-corrected chi connectivity index (χ0v) is 12.9. The van der Waals surface area contributed by atoms with Gasteiger partial charge in [-0.15, -0.1) is 0 Å². The topological polar surface area (TPSA) is 41.9 Å². The Balaban J connectivity index is 1.79. The van der Waals surface area contributed by atoms with Gasteiger partial charge in [-0.2, -0.15) is 0 Å². The highest BCUT2D eigenvalue weighted by atomic mass is 16.7. The van der Waals surface area contributed by atoms with Crippen LogP contribution in [0.4, 0.5) is 0 Å². The second kappa shape index (κ2) is 9.15. The lowest BCUT2D eigenvalue weighted by Crippen LogP contribution is -2.38. The van der Waals surface area contributed by atoms with Crippen LogP contribution in [0.3, 0.4) is 0 Å². The van der Waals surface area contributed by atoms with Crippen LogP contribution in [0.15, 0.2) is 30.3 Å². The van der Waals surface area contributed by atoms with Gasteiger partial charge in [0.05, 0.1) is 13.2 Å². The minimum absolute atomic E-state index is 0.0400. The maximum absolute atomic E-state index is 9.42. The van der Waals surface area contributed by atoms with Crippen LogP contribution < -0.4 is 0 Å². The number of ether oxygens (including phenoxy) is 2. The molecule has 0 aromatic heterocycles. The van der Waals surface area contributed by atoms with Crippen molar-refractivity contribution in [3.05, 3.63) is 35.9 Å². The van der Waals surface area contributed by atoms with E-state index < -0.39 is 0 Å². The lowest BCUT2D eigenvalue weighted by atomic mass is 10.2. The van der Waals surface area contributed by atoms with E-state index in [9.17, 15) is 5.11 Å². The van der Waals surface area contributed by atoms with Crippen LogP contribution in [-0.4, -0.2) is 48.7 Å². The van der Waals surface area contributed by atoms with Crippen LogP contribution in [0, 0.1) is 0 Å². The second-order valence-corrected chi connectivity index (χ2v) is 5.65. The lowest BCUT2D eigenvalue weighted by molar-refractivity contribution is -0.165. The quantitative estimate of drug-likeness (QED) is 0.799. The fourth-order valence-corrected chi connectivity index (χ4v) is 2.53. The van der Waals surface area contributed by atoms with Gasteiger partial charge in [0.1, 0.15) is 0 Å². The summed E-state index contributed by atoms with van der Waals surface area (Å²) in [6.45, 7) is 5.29. The van der Waals surface area contributed by atoms with Crippen molar-refractivity contribution < 1.29 is 14.6 Å². The van der Waals surface area contributed by atoms with Crippen molar-refractivity contribution in [2.75, 3.05) is 26.4 Å². The van der Waals surface area contributed by atoms with Gasteiger partial charge in [-0.05, 0) is 31.7 Å². The maximum atomic E-state index is 9.42. The molecule has 4 nitrogen and oxygen atoms in total. The minimum atomic E-state index is -0.0400. The summed E-state index contributed by atoms with van der Waals surface area (Å²) in [7, 11) is 0. The lowest BCUT2D eigenvalue weighted by Gasteiger charge is -2.29. The number of aliphatic hydroxyl groups excluding tert-OH is 1. The molecule has 0 radical (unpaired) electrons. The summed E-state index contributed by atoms with van der Waals surface area (Å²) in [5.74, 6) is 0. The third kappa shape index (κ3) is 5.75. The van der Waals surface area contributed by atoms with E-state index in [1.54, 1.807) is 0 Å². The van der Waals surface area contributed by atoms with Crippen LogP contribution in [0.5, 0.6) is 0 Å². The van der Waals surface area contributed by atoms with Crippen LogP contribution in [-0.2, 0) is 16.0 Å². The van der Waals surface area contributed by atoms with Crippen LogP contribution in [0.2, 0.25) is 0 Å². The number of aliphatic hydroxyl groups is 1. The van der Waals surface area contributed by atoms with Crippen molar-refractivity contribution in [3.8, 4) is 0 Å². The van der Waals surface area contributed by atoms with E-state index in [0.717, 1.165) is 32.5 Å². The van der Waals surface area contributed by atoms with Gasteiger partial charge in [0.25, 0.3) is 0 Å². The predicted molar refractivity (Wildman–Crippen MR) is 82.9 cm³/mol. The molecule has 0 saturated carbocycles. The Labute approximate surface area is 127 Å². The van der Waals surface area contributed by atoms with Crippen molar-refractivity contribution in [1.82, 2.24) is 4.90 Å². The van der Waals surface area contributed by atoms with Gasteiger partial charge in [0.15, 0.2) is 6.29 Å². The molecule has 1 fully saturated rings. The van der Waals surface area contributed by atoms with E-state index in [0.29, 0.717) is 6.61 Å². The van der Waals surface area contributed by atoms with Gasteiger partial charge in [-0.3, -0.25) is 4.90 Å². The molecule has 118 valence electrons. The highest BCUT2D eigenvalue weighted by Crippen LogP contribution is 2.14. The van der Waals surface area contributed by atoms with Crippen LogP contribution >= 0.6 is 0 Å². The van der Waals surface area contributed by atoms with E-state index in [1.807, 2.05) is 25.1 Å². The molecule has 1 heterocycles. The van der Waals surface area contributed by atoms with E-state index in [2.05, 4.69) is 17.0 Å². The van der Waals surface area contributed by atoms with Crippen molar-refractivity contribution >= 4 is 0 Å². The fourth-order valence-electron chi connectivity index (χ4n) is 2.53. The molecular weight excluding hydrogens is 266 g/mol. The van der Waals surface area contributed by atoms with Crippen molar-refractivity contribution in [3.63, 3.8) is 0 Å². The fraction of sp³-hybridized carbons (Fsp3) is 0.647. The van der Waals surface area contributed by atoms with Crippen molar-refractivity contribution in [2.45, 2.75) is 45.1 Å². The first kappa shape index (κ1) is 16.4. The first-order chi connectivity index (χ1) is 10.3. The van der Waals surface area contributed by atoms with Gasteiger partial charge < -0.3 is 14.6 Å². The Morgan fingerprint density at radius 2 is 2.14 bits per heavy atom. The molecule has 1 saturated heterocycles. The summed E-state index contributed by atoms with van der Waals surface area (Å²) >= 11 is 0. The third-order valence-corrected chi connectivity index (χ3v) is 3.94. The average molecular weight is 293 g/mol. The Bertz CT molecular complexity index is 379. The number of hydrogen-bond donors (Lipinski definition) is 1. The number of nitrogens with zero attached hydrogens (tertiary/aromatic N) is 1. The van der Waals surface area contributed by atoms with Gasteiger partial charge in [0, 0.05) is 25.7 Å². The number of hydrogen-bond acceptors (Lipinski definition) is 4. The predicted octanol–water partition coefficient (Wildman–Crippen LogP) is 2.41.